The maximum Gasteiger partial charge on any atom is 0.274 e. The van der Waals surface area contributed by atoms with Gasteiger partial charge in [-0.15, -0.1) is 0 Å². The van der Waals surface area contributed by atoms with E-state index in [1.54, 1.807) is 30.5 Å². The maximum absolute atomic E-state index is 13.9. The van der Waals surface area contributed by atoms with E-state index in [-0.39, 0.29) is 23.8 Å². The number of hydrogen-bond donors (Lipinski definition) is 1. The molecule has 10 heteroatoms. The minimum atomic E-state index is -0.852. The molecule has 0 saturated heterocycles. The monoisotopic (exact) mass is 471 g/mol. The molecule has 1 amide bonds. The van der Waals surface area contributed by atoms with Crippen LogP contribution in [0.4, 0.5) is 8.78 Å². The van der Waals surface area contributed by atoms with Crippen LogP contribution >= 0.6 is 11.3 Å². The first-order valence-corrected chi connectivity index (χ1v) is 10.7. The average molecular weight is 471 g/mol. The second-order valence-corrected chi connectivity index (χ2v) is 8.25. The van der Waals surface area contributed by atoms with Crippen molar-refractivity contribution in [2.24, 2.45) is 0 Å². The van der Waals surface area contributed by atoms with E-state index in [1.807, 2.05) is 0 Å². The van der Waals surface area contributed by atoms with E-state index in [0.717, 1.165) is 17.4 Å². The van der Waals surface area contributed by atoms with Crippen molar-refractivity contribution in [3.8, 4) is 22.8 Å². The van der Waals surface area contributed by atoms with Crippen LogP contribution in [0.1, 0.15) is 15.9 Å². The SMILES string of the molecule is COc1cc(/C=c2\sc3nc(-c4ccc(C(=O)N(C)CCF)cc4)cn3c2=O)cc(F)c1O. The quantitative estimate of drug-likeness (QED) is 0.468. The van der Waals surface area contributed by atoms with E-state index in [2.05, 4.69) is 4.98 Å². The van der Waals surface area contributed by atoms with Gasteiger partial charge < -0.3 is 14.7 Å². The molecule has 0 atom stereocenters. The molecule has 0 radical (unpaired) electrons. The molecule has 0 saturated carbocycles. The molecule has 1 N–H and O–H groups in total. The normalized spacial score (nSPS) is 11.8. The molecule has 0 spiro atoms. The predicted octanol–water partition coefficient (Wildman–Crippen LogP) is 2.87. The summed E-state index contributed by atoms with van der Waals surface area (Å²) in [6, 6.07) is 9.23. The first kappa shape index (κ1) is 22.4. The van der Waals surface area contributed by atoms with Crippen molar-refractivity contribution in [2.75, 3.05) is 27.4 Å². The summed E-state index contributed by atoms with van der Waals surface area (Å²) in [6.07, 6.45) is 3.09. The molecule has 2 heterocycles. The van der Waals surface area contributed by atoms with Gasteiger partial charge >= 0.3 is 0 Å². The summed E-state index contributed by atoms with van der Waals surface area (Å²) in [6.45, 7) is -0.592. The number of hydrogen-bond acceptors (Lipinski definition) is 6. The van der Waals surface area contributed by atoms with Crippen LogP contribution in [0.25, 0.3) is 22.3 Å². The predicted molar refractivity (Wildman–Crippen MR) is 121 cm³/mol. The van der Waals surface area contributed by atoms with Gasteiger partial charge in [-0.3, -0.25) is 14.0 Å². The van der Waals surface area contributed by atoms with Crippen molar-refractivity contribution >= 4 is 28.3 Å². The summed E-state index contributed by atoms with van der Waals surface area (Å²) < 4.78 is 33.0. The highest BCUT2D eigenvalue weighted by molar-refractivity contribution is 7.15. The molecule has 170 valence electrons. The third kappa shape index (κ3) is 4.29. The number of alkyl halides is 1. The molecule has 33 heavy (non-hydrogen) atoms. The number of phenolic OH excluding ortho intramolecular Hbond substituents is 1. The minimum Gasteiger partial charge on any atom is -0.502 e. The highest BCUT2D eigenvalue weighted by Crippen LogP contribution is 2.30. The van der Waals surface area contributed by atoms with E-state index in [9.17, 15) is 23.5 Å². The molecule has 4 rings (SSSR count). The standard InChI is InChI=1S/C23H19F2N3O4S/c1-27(8-7-24)21(30)15-5-3-14(4-6-15)17-12-28-22(31)19(33-23(28)26-17)11-13-9-16(25)20(29)18(10-13)32-2/h3-6,9-12,29H,7-8H2,1-2H3/b19-11-. The third-order valence-electron chi connectivity index (χ3n) is 5.07. The number of halogens is 2. The number of benzene rings is 2. The van der Waals surface area contributed by atoms with Crippen LogP contribution in [0.5, 0.6) is 11.5 Å². The van der Waals surface area contributed by atoms with Crippen molar-refractivity contribution in [2.45, 2.75) is 0 Å². The molecule has 0 aliphatic rings. The van der Waals surface area contributed by atoms with Crippen LogP contribution < -0.4 is 14.8 Å². The molecule has 7 nitrogen and oxygen atoms in total. The van der Waals surface area contributed by atoms with E-state index < -0.39 is 18.2 Å². The molecule has 0 unspecified atom stereocenters. The summed E-state index contributed by atoms with van der Waals surface area (Å²) in [4.78, 5) is 31.3. The number of ether oxygens (including phenoxy) is 1. The van der Waals surface area contributed by atoms with Crippen molar-refractivity contribution in [3.63, 3.8) is 0 Å². The Labute approximate surface area is 190 Å². The topological polar surface area (TPSA) is 84.1 Å². The summed E-state index contributed by atoms with van der Waals surface area (Å²) >= 11 is 1.14. The smallest absolute Gasteiger partial charge is 0.274 e. The lowest BCUT2D eigenvalue weighted by atomic mass is 10.1. The van der Waals surface area contributed by atoms with Gasteiger partial charge in [-0.1, -0.05) is 23.5 Å². The molecular formula is C23H19F2N3O4S. The Hall–Kier alpha value is -3.79. The zero-order chi connectivity index (χ0) is 23.7. The number of rotatable bonds is 6. The van der Waals surface area contributed by atoms with Gasteiger partial charge in [-0.25, -0.2) is 13.8 Å². The van der Waals surface area contributed by atoms with Crippen LogP contribution in [-0.4, -0.2) is 52.7 Å². The molecular weight excluding hydrogens is 452 g/mol. The third-order valence-corrected chi connectivity index (χ3v) is 6.05. The lowest BCUT2D eigenvalue weighted by Crippen LogP contribution is -2.28. The number of methoxy groups -OCH3 is 1. The zero-order valence-corrected chi connectivity index (χ0v) is 18.5. The van der Waals surface area contributed by atoms with Gasteiger partial charge in [0.25, 0.3) is 11.5 Å². The van der Waals surface area contributed by atoms with Gasteiger partial charge in [0.15, 0.2) is 22.3 Å². The highest BCUT2D eigenvalue weighted by atomic mass is 32.1. The van der Waals surface area contributed by atoms with Crippen LogP contribution in [0.3, 0.4) is 0 Å². The van der Waals surface area contributed by atoms with E-state index in [4.69, 9.17) is 4.74 Å². The fraction of sp³-hybridized carbons (Fsp3) is 0.174. The molecule has 0 fully saturated rings. The number of thiazole rings is 1. The Morgan fingerprint density at radius 1 is 1.30 bits per heavy atom. The number of nitrogens with zero attached hydrogens (tertiary/aromatic N) is 3. The van der Waals surface area contributed by atoms with Crippen LogP contribution in [0.2, 0.25) is 0 Å². The fourth-order valence-corrected chi connectivity index (χ4v) is 4.24. The Morgan fingerprint density at radius 3 is 2.67 bits per heavy atom. The molecule has 2 aromatic heterocycles. The Balaban J connectivity index is 1.65. The van der Waals surface area contributed by atoms with Gasteiger partial charge in [0.2, 0.25) is 0 Å². The number of aromatic nitrogens is 2. The molecule has 2 aromatic carbocycles. The van der Waals surface area contributed by atoms with Gasteiger partial charge in [-0.05, 0) is 35.9 Å². The number of carbonyl (C=O) groups excluding carboxylic acids is 1. The van der Waals surface area contributed by atoms with Crippen LogP contribution in [0.15, 0.2) is 47.4 Å². The van der Waals surface area contributed by atoms with Crippen molar-refractivity contribution in [1.29, 1.82) is 0 Å². The lowest BCUT2D eigenvalue weighted by Gasteiger charge is -2.15. The molecule has 0 aliphatic carbocycles. The average Bonchev–Trinajstić information content (AvgIpc) is 3.35. The van der Waals surface area contributed by atoms with Gasteiger partial charge in [0.05, 0.1) is 17.3 Å². The Morgan fingerprint density at radius 2 is 2.03 bits per heavy atom. The van der Waals surface area contributed by atoms with Gasteiger partial charge in [0.1, 0.15) is 6.67 Å². The summed E-state index contributed by atoms with van der Waals surface area (Å²) in [5.74, 6) is -1.76. The molecule has 4 aromatic rings. The summed E-state index contributed by atoms with van der Waals surface area (Å²) in [5, 5.41) is 9.64. The summed E-state index contributed by atoms with van der Waals surface area (Å²) in [7, 11) is 2.84. The first-order chi connectivity index (χ1) is 15.8. The fourth-order valence-electron chi connectivity index (χ4n) is 3.29. The van der Waals surface area contributed by atoms with Crippen LogP contribution in [-0.2, 0) is 0 Å². The lowest BCUT2D eigenvalue weighted by molar-refractivity contribution is 0.0786. The Kier molecular flexibility index (Phi) is 6.10. The molecule has 0 bridgehead atoms. The second-order valence-electron chi connectivity index (χ2n) is 7.24. The van der Waals surface area contributed by atoms with Crippen molar-refractivity contribution < 1.29 is 23.4 Å². The van der Waals surface area contributed by atoms with Crippen molar-refractivity contribution in [3.05, 3.63) is 74.4 Å². The summed E-state index contributed by atoms with van der Waals surface area (Å²) in [5.41, 5.74) is 1.74. The zero-order valence-electron chi connectivity index (χ0n) is 17.7. The van der Waals surface area contributed by atoms with E-state index in [0.29, 0.717) is 31.9 Å². The van der Waals surface area contributed by atoms with E-state index in [1.165, 1.54) is 35.6 Å². The largest absolute Gasteiger partial charge is 0.502 e. The van der Waals surface area contributed by atoms with Crippen LogP contribution in [0, 0.1) is 5.82 Å². The second kappa shape index (κ2) is 8.99. The van der Waals surface area contributed by atoms with Gasteiger partial charge in [0, 0.05) is 30.9 Å². The van der Waals surface area contributed by atoms with Gasteiger partial charge in [-0.2, -0.15) is 0 Å². The van der Waals surface area contributed by atoms with E-state index >= 15 is 0 Å². The highest BCUT2D eigenvalue weighted by Gasteiger charge is 2.14. The number of aromatic hydroxyl groups is 1. The molecule has 0 aliphatic heterocycles. The number of phenols is 1. The number of imidazole rings is 1. The Bertz CT molecular complexity index is 1450. The van der Waals surface area contributed by atoms with Crippen molar-refractivity contribution in [1.82, 2.24) is 14.3 Å². The first-order valence-electron chi connectivity index (χ1n) is 9.84. The maximum atomic E-state index is 13.9. The minimum absolute atomic E-state index is 0.0209. The number of fused-ring (bicyclic) bond motifs is 1. The number of amides is 1. The number of carbonyl (C=O) groups is 1.